The maximum absolute atomic E-state index is 10.7. The van der Waals surface area contributed by atoms with E-state index in [2.05, 4.69) is 13.4 Å². The van der Waals surface area contributed by atoms with Gasteiger partial charge in [0.05, 0.1) is 7.82 Å². The van der Waals surface area contributed by atoms with Crippen LogP contribution in [0.3, 0.4) is 0 Å². The van der Waals surface area contributed by atoms with Gasteiger partial charge in [-0.3, -0.25) is 4.31 Å². The molecule has 0 saturated carbocycles. The molecule has 0 aliphatic carbocycles. The molecule has 0 aromatic heterocycles. The minimum atomic E-state index is -5.44. The topological polar surface area (TPSA) is 108 Å². The van der Waals surface area contributed by atoms with Crippen LogP contribution in [-0.2, 0) is 22.5 Å². The Bertz CT molecular complexity index is 275. The third kappa shape index (κ3) is 6.55. The van der Waals surface area contributed by atoms with E-state index in [1.807, 2.05) is 0 Å². The van der Waals surface area contributed by atoms with Gasteiger partial charge in [0, 0.05) is 0 Å². The average molecular weight is 303 g/mol. The molecule has 0 radical (unpaired) electrons. The Labute approximate surface area is 133 Å². The summed E-state index contributed by atoms with van der Waals surface area (Å²) in [7, 11) is -9.83. The van der Waals surface area contributed by atoms with E-state index in [9.17, 15) is 18.9 Å². The van der Waals surface area contributed by atoms with Crippen LogP contribution in [0, 0.1) is 0 Å². The number of hydrogen-bond acceptors (Lipinski definition) is 7. The van der Waals surface area contributed by atoms with Crippen LogP contribution < -0.4 is 68.9 Å². The van der Waals surface area contributed by atoms with Crippen LogP contribution in [0.1, 0.15) is 0 Å². The molecule has 1 rings (SSSR count). The zero-order valence-electron chi connectivity index (χ0n) is 7.01. The number of phosphoric acid groups is 2. The Morgan fingerprint density at radius 1 is 1.29 bits per heavy atom. The normalized spacial score (nSPS) is 22.6. The summed E-state index contributed by atoms with van der Waals surface area (Å²) in [5, 5.41) is 0. The van der Waals surface area contributed by atoms with Crippen molar-refractivity contribution in [2.24, 2.45) is 0 Å². The number of hydrogen-bond donors (Lipinski definition) is 0. The predicted octanol–water partition coefficient (Wildman–Crippen LogP) is -5.92. The quantitative estimate of drug-likeness (QED) is 0.284. The van der Waals surface area contributed by atoms with Crippen molar-refractivity contribution in [3.05, 3.63) is 0 Å². The minimum Gasteiger partial charge on any atom is -0.789 e. The third-order valence-electron chi connectivity index (χ3n) is 0.636. The smallest absolute Gasteiger partial charge is 0.789 e. The van der Waals surface area contributed by atoms with Crippen molar-refractivity contribution in [2.45, 2.75) is 4.71 Å². The number of alkyl halides is 2. The first-order valence-electron chi connectivity index (χ1n) is 2.25. The van der Waals surface area contributed by atoms with Crippen molar-refractivity contribution in [3.63, 3.8) is 0 Å². The molecule has 0 bridgehead atoms. The van der Waals surface area contributed by atoms with Gasteiger partial charge >= 0.3 is 71.6 Å². The Hall–Kier alpha value is 2.84. The van der Waals surface area contributed by atoms with Gasteiger partial charge in [0.25, 0.3) is 0 Å². The molecule has 1 heterocycles. The second kappa shape index (κ2) is 6.14. The van der Waals surface area contributed by atoms with Gasteiger partial charge in [0.1, 0.15) is 0 Å². The van der Waals surface area contributed by atoms with Gasteiger partial charge in [-0.25, -0.2) is 13.6 Å². The molecule has 72 valence electrons. The maximum Gasteiger partial charge on any atom is 1.00 e. The fourth-order valence-corrected chi connectivity index (χ4v) is 3.22. The molecule has 14 heavy (non-hydrogen) atoms. The number of phosphoric ester groups is 1. The molecular weight excluding hydrogens is 303 g/mol. The Kier molecular flexibility index (Phi) is 8.41. The van der Waals surface area contributed by atoms with E-state index >= 15 is 0 Å². The molecule has 1 fully saturated rings. The molecule has 0 atom stereocenters. The molecule has 0 aromatic carbocycles. The molecule has 1 aliphatic rings. The Balaban J connectivity index is 0. The third-order valence-corrected chi connectivity index (χ3v) is 3.94. The van der Waals surface area contributed by atoms with Gasteiger partial charge in [-0.05, 0) is 23.2 Å². The van der Waals surface area contributed by atoms with Crippen molar-refractivity contribution in [1.29, 1.82) is 0 Å². The molecule has 0 N–H and O–H groups in total. The molecule has 1 aliphatic heterocycles. The molecule has 0 unspecified atom stereocenters. The van der Waals surface area contributed by atoms with Crippen LogP contribution in [0.15, 0.2) is 0 Å². The van der Waals surface area contributed by atoms with Gasteiger partial charge in [-0.2, -0.15) is 0 Å². The summed E-state index contributed by atoms with van der Waals surface area (Å²) < 4.78 is 29.7. The largest absolute Gasteiger partial charge is 1.00 e. The van der Waals surface area contributed by atoms with E-state index in [0.717, 1.165) is 0 Å². The summed E-state index contributed by atoms with van der Waals surface area (Å²) >= 11 is 9.99. The molecule has 7 nitrogen and oxygen atoms in total. The average Bonchev–Trinajstić information content (AvgIpc) is 1.48. The Morgan fingerprint density at radius 2 is 1.64 bits per heavy atom. The molecule has 0 aromatic rings. The van der Waals surface area contributed by atoms with Crippen molar-refractivity contribution >= 4 is 38.8 Å². The zero-order chi connectivity index (χ0) is 9.62. The van der Waals surface area contributed by atoms with Crippen molar-refractivity contribution in [3.8, 4) is 0 Å². The van der Waals surface area contributed by atoms with Crippen molar-refractivity contribution in [1.82, 2.24) is 0 Å². The van der Waals surface area contributed by atoms with Crippen molar-refractivity contribution < 1.29 is 91.4 Å². The maximum atomic E-state index is 10.7. The monoisotopic (exact) mass is 302 g/mol. The van der Waals surface area contributed by atoms with Crippen LogP contribution in [-0.4, -0.2) is 4.71 Å². The van der Waals surface area contributed by atoms with Crippen LogP contribution >= 0.6 is 38.8 Å². The van der Waals surface area contributed by atoms with Crippen LogP contribution in [0.4, 0.5) is 0 Å². The molecule has 0 amide bonds. The zero-order valence-corrected chi connectivity index (χ0v) is 14.3. The van der Waals surface area contributed by atoms with Crippen LogP contribution in [0.25, 0.3) is 0 Å². The first kappa shape index (κ1) is 19.2. The van der Waals surface area contributed by atoms with E-state index in [4.69, 9.17) is 23.2 Å². The van der Waals surface area contributed by atoms with E-state index < -0.39 is 20.4 Å². The van der Waals surface area contributed by atoms with Crippen molar-refractivity contribution in [2.75, 3.05) is 0 Å². The summed E-state index contributed by atoms with van der Waals surface area (Å²) in [5.41, 5.74) is 0. The van der Waals surface area contributed by atoms with Gasteiger partial charge < -0.3 is 14.4 Å². The van der Waals surface area contributed by atoms with Crippen LogP contribution in [0.5, 0.6) is 0 Å². The van der Waals surface area contributed by atoms with E-state index in [-0.39, 0.29) is 59.1 Å². The molecule has 1 saturated heterocycles. The molecule has 0 spiro atoms. The summed E-state index contributed by atoms with van der Waals surface area (Å²) in [4.78, 5) is 19.8. The fourth-order valence-electron chi connectivity index (χ4n) is 0.423. The van der Waals surface area contributed by atoms with Gasteiger partial charge in [-0.15, -0.1) is 0 Å². The second-order valence-corrected chi connectivity index (χ2v) is 5.62. The predicted molar refractivity (Wildman–Crippen MR) is 32.9 cm³/mol. The SMILES string of the molecule is O=P([O-])([O-])OP1(=O)OC(Cl)(Cl)O1.[Na+].[Na+]. The number of halogens is 2. The fraction of sp³-hybridized carbons (Fsp3) is 1.00. The summed E-state index contributed by atoms with van der Waals surface area (Å²) in [6, 6.07) is 0. The van der Waals surface area contributed by atoms with Crippen LogP contribution in [0.2, 0.25) is 0 Å². The van der Waals surface area contributed by atoms with Gasteiger partial charge in [-0.1, -0.05) is 0 Å². The number of rotatable bonds is 2. The van der Waals surface area contributed by atoms with Gasteiger partial charge in [0.2, 0.25) is 0 Å². The minimum absolute atomic E-state index is 0. The van der Waals surface area contributed by atoms with E-state index in [0.29, 0.717) is 0 Å². The molecular formula is CCl2Na2O7P2. The van der Waals surface area contributed by atoms with E-state index in [1.54, 1.807) is 0 Å². The molecule has 13 heteroatoms. The van der Waals surface area contributed by atoms with E-state index in [1.165, 1.54) is 0 Å². The summed E-state index contributed by atoms with van der Waals surface area (Å²) in [6.07, 6.45) is 0. The standard InChI is InChI=1S/CH2Cl2O7P2.2Na/c2-1(3)8-12(7,9-1)10-11(4,5)6;;/h(H2,4,5,6);;/q;2*+1/p-2. The summed E-state index contributed by atoms with van der Waals surface area (Å²) in [5.74, 6) is 0. The first-order chi connectivity index (χ1) is 5.12. The second-order valence-electron chi connectivity index (χ2n) is 1.62. The first-order valence-corrected chi connectivity index (χ1v) is 5.92. The summed E-state index contributed by atoms with van der Waals surface area (Å²) in [6.45, 7) is 0. The Morgan fingerprint density at radius 3 is 1.86 bits per heavy atom. The van der Waals surface area contributed by atoms with Gasteiger partial charge in [0.15, 0.2) is 0 Å².